The molecule has 0 aromatic rings. The van der Waals surface area contributed by atoms with Crippen LogP contribution in [-0.4, -0.2) is 0 Å². The first-order chi connectivity index (χ1) is 7.86. The Bertz CT molecular complexity index is 182. The summed E-state index contributed by atoms with van der Waals surface area (Å²) < 4.78 is 0. The summed E-state index contributed by atoms with van der Waals surface area (Å²) in [6, 6.07) is 0. The smallest absolute Gasteiger partial charge is 0.0195 e. The molecule has 0 bridgehead atoms. The molecule has 0 aliphatic carbocycles. The summed E-state index contributed by atoms with van der Waals surface area (Å²) in [5.74, 6) is 0. The first-order valence-corrected chi connectivity index (χ1v) is 7.86. The molecule has 0 aromatic heterocycles. The monoisotopic (exact) mass is 240 g/mol. The van der Waals surface area contributed by atoms with Gasteiger partial charge in [0.2, 0.25) is 0 Å². The highest BCUT2D eigenvalue weighted by molar-refractivity contribution is 5.02. The molecule has 0 rings (SSSR count). The van der Waals surface area contributed by atoms with Crippen LogP contribution in [0.25, 0.3) is 0 Å². The normalized spacial score (nSPS) is 14.1. The molecule has 0 N–H and O–H groups in total. The fourth-order valence-electron chi connectivity index (χ4n) is 4.54. The molecule has 0 saturated heterocycles. The third-order valence-electron chi connectivity index (χ3n) is 6.64. The fraction of sp³-hybridized carbons (Fsp3) is 1.00. The Kier molecular flexibility index (Phi) is 6.25. The van der Waals surface area contributed by atoms with E-state index in [1.54, 1.807) is 0 Å². The maximum Gasteiger partial charge on any atom is -0.0195 e. The van der Waals surface area contributed by atoms with Crippen LogP contribution in [0.2, 0.25) is 0 Å². The van der Waals surface area contributed by atoms with Gasteiger partial charge < -0.3 is 0 Å². The van der Waals surface area contributed by atoms with E-state index in [2.05, 4.69) is 55.4 Å². The van der Waals surface area contributed by atoms with Crippen LogP contribution >= 0.6 is 0 Å². The molecular weight excluding hydrogens is 204 g/mol. The quantitative estimate of drug-likeness (QED) is 0.457. The van der Waals surface area contributed by atoms with E-state index in [4.69, 9.17) is 0 Å². The van der Waals surface area contributed by atoms with E-state index in [1.165, 1.54) is 38.5 Å². The third kappa shape index (κ3) is 2.42. The zero-order valence-electron chi connectivity index (χ0n) is 13.7. The second kappa shape index (κ2) is 6.25. The van der Waals surface area contributed by atoms with Gasteiger partial charge in [0, 0.05) is 0 Å². The van der Waals surface area contributed by atoms with Gasteiger partial charge in [-0.05, 0) is 29.1 Å². The summed E-state index contributed by atoms with van der Waals surface area (Å²) >= 11 is 0. The van der Waals surface area contributed by atoms with E-state index in [9.17, 15) is 0 Å². The predicted molar refractivity (Wildman–Crippen MR) is 80.4 cm³/mol. The Labute approximate surface area is 111 Å². The molecule has 0 radical (unpaired) electrons. The highest BCUT2D eigenvalue weighted by atomic mass is 14.6. The second-order valence-corrected chi connectivity index (χ2v) is 6.32. The molecule has 0 amide bonds. The van der Waals surface area contributed by atoms with Crippen LogP contribution in [0.5, 0.6) is 0 Å². The van der Waals surface area contributed by atoms with Crippen molar-refractivity contribution in [2.45, 2.75) is 93.9 Å². The van der Waals surface area contributed by atoms with Gasteiger partial charge in [-0.1, -0.05) is 81.1 Å². The summed E-state index contributed by atoms with van der Waals surface area (Å²) in [4.78, 5) is 0. The minimum absolute atomic E-state index is 0.483. The molecule has 0 aromatic carbocycles. The summed E-state index contributed by atoms with van der Waals surface area (Å²) in [5, 5.41) is 0. The van der Waals surface area contributed by atoms with Crippen LogP contribution in [0.4, 0.5) is 0 Å². The van der Waals surface area contributed by atoms with Gasteiger partial charge in [-0.2, -0.15) is 0 Å². The molecular formula is C17H36. The molecule has 0 heterocycles. The minimum Gasteiger partial charge on any atom is -0.0648 e. The van der Waals surface area contributed by atoms with Gasteiger partial charge in [0.1, 0.15) is 0 Å². The van der Waals surface area contributed by atoms with E-state index in [0.29, 0.717) is 16.2 Å². The summed E-state index contributed by atoms with van der Waals surface area (Å²) in [7, 11) is 0. The molecule has 0 nitrogen and oxygen atoms in total. The van der Waals surface area contributed by atoms with Gasteiger partial charge in [-0.15, -0.1) is 0 Å². The van der Waals surface area contributed by atoms with E-state index in [0.717, 1.165) is 0 Å². The van der Waals surface area contributed by atoms with Gasteiger partial charge >= 0.3 is 0 Å². The zero-order chi connectivity index (χ0) is 13.7. The van der Waals surface area contributed by atoms with Crippen LogP contribution in [0.3, 0.4) is 0 Å². The molecule has 0 fully saturated rings. The highest BCUT2D eigenvalue weighted by Gasteiger charge is 2.52. The van der Waals surface area contributed by atoms with Crippen molar-refractivity contribution in [3.05, 3.63) is 0 Å². The minimum atomic E-state index is 0.483. The number of hydrogen-bond donors (Lipinski definition) is 0. The Morgan fingerprint density at radius 2 is 0.706 bits per heavy atom. The fourth-order valence-corrected chi connectivity index (χ4v) is 4.54. The lowest BCUT2D eigenvalue weighted by atomic mass is 9.46. The van der Waals surface area contributed by atoms with Crippen molar-refractivity contribution in [3.63, 3.8) is 0 Å². The van der Waals surface area contributed by atoms with Gasteiger partial charge in [0.15, 0.2) is 0 Å². The van der Waals surface area contributed by atoms with Crippen LogP contribution in [0.15, 0.2) is 0 Å². The van der Waals surface area contributed by atoms with Gasteiger partial charge in [0.05, 0.1) is 0 Å². The zero-order valence-corrected chi connectivity index (χ0v) is 13.7. The van der Waals surface area contributed by atoms with Crippen molar-refractivity contribution in [1.29, 1.82) is 0 Å². The Morgan fingerprint density at radius 1 is 0.471 bits per heavy atom. The average Bonchev–Trinajstić information content (AvgIpc) is 2.39. The average molecular weight is 240 g/mol. The number of hydrogen-bond acceptors (Lipinski definition) is 0. The van der Waals surface area contributed by atoms with Gasteiger partial charge in [0.25, 0.3) is 0 Å². The standard InChI is InChI=1S/C17H36/c1-9-15(7,10-2)17(13-5,14-6)16(8,11-3)12-4/h9-14H2,1-8H3. The third-order valence-corrected chi connectivity index (χ3v) is 6.64. The molecule has 0 spiro atoms. The molecule has 0 atom stereocenters. The lowest BCUT2D eigenvalue weighted by molar-refractivity contribution is -0.0905. The Hall–Kier alpha value is 0. The Morgan fingerprint density at radius 3 is 0.824 bits per heavy atom. The molecule has 0 aliphatic heterocycles. The van der Waals surface area contributed by atoms with Gasteiger partial charge in [-0.25, -0.2) is 0 Å². The largest absolute Gasteiger partial charge is 0.0648 e. The maximum absolute atomic E-state index is 2.53. The lowest BCUT2D eigenvalue weighted by Gasteiger charge is -2.58. The molecule has 0 saturated carbocycles. The van der Waals surface area contributed by atoms with Crippen molar-refractivity contribution in [3.8, 4) is 0 Å². The molecule has 0 aliphatic rings. The van der Waals surface area contributed by atoms with Crippen molar-refractivity contribution < 1.29 is 0 Å². The first kappa shape index (κ1) is 17.0. The van der Waals surface area contributed by atoms with E-state index < -0.39 is 0 Å². The predicted octanol–water partition coefficient (Wildman–Crippen LogP) is 6.45. The van der Waals surface area contributed by atoms with Crippen LogP contribution in [-0.2, 0) is 0 Å². The summed E-state index contributed by atoms with van der Waals surface area (Å²) in [6.45, 7) is 19.4. The first-order valence-electron chi connectivity index (χ1n) is 7.86. The number of rotatable bonds is 8. The second-order valence-electron chi connectivity index (χ2n) is 6.32. The van der Waals surface area contributed by atoms with E-state index >= 15 is 0 Å². The van der Waals surface area contributed by atoms with Crippen molar-refractivity contribution in [1.82, 2.24) is 0 Å². The summed E-state index contributed by atoms with van der Waals surface area (Å²) in [6.07, 6.45) is 7.86. The van der Waals surface area contributed by atoms with Crippen molar-refractivity contribution in [2.24, 2.45) is 16.2 Å². The Balaban J connectivity index is 5.73. The van der Waals surface area contributed by atoms with Crippen LogP contribution in [0.1, 0.15) is 93.9 Å². The molecule has 17 heavy (non-hydrogen) atoms. The van der Waals surface area contributed by atoms with E-state index in [-0.39, 0.29) is 0 Å². The highest BCUT2D eigenvalue weighted by Crippen LogP contribution is 2.61. The topological polar surface area (TPSA) is 0 Å². The van der Waals surface area contributed by atoms with Crippen molar-refractivity contribution in [2.75, 3.05) is 0 Å². The molecule has 0 unspecified atom stereocenters. The molecule has 0 heteroatoms. The van der Waals surface area contributed by atoms with Crippen LogP contribution in [0, 0.1) is 16.2 Å². The van der Waals surface area contributed by atoms with Crippen molar-refractivity contribution >= 4 is 0 Å². The SMILES string of the molecule is CCC(C)(CC)C(CC)(CC)C(C)(CC)CC. The van der Waals surface area contributed by atoms with Crippen LogP contribution < -0.4 is 0 Å². The maximum atomic E-state index is 2.53. The van der Waals surface area contributed by atoms with Gasteiger partial charge in [-0.3, -0.25) is 0 Å². The van der Waals surface area contributed by atoms with E-state index in [1.807, 2.05) is 0 Å². The summed E-state index contributed by atoms with van der Waals surface area (Å²) in [5.41, 5.74) is 1.46. The lowest BCUT2D eigenvalue weighted by Crippen LogP contribution is -2.50. The molecule has 104 valence electrons.